The van der Waals surface area contributed by atoms with Crippen molar-refractivity contribution in [2.75, 3.05) is 0 Å². The predicted molar refractivity (Wildman–Crippen MR) is 72.0 cm³/mol. The zero-order valence-corrected chi connectivity index (χ0v) is 11.2. The van der Waals surface area contributed by atoms with Gasteiger partial charge in [-0.2, -0.15) is 0 Å². The lowest BCUT2D eigenvalue weighted by atomic mass is 10.1. The Morgan fingerprint density at radius 1 is 1.37 bits per heavy atom. The van der Waals surface area contributed by atoms with E-state index in [4.69, 9.17) is 9.15 Å². The lowest BCUT2D eigenvalue weighted by Gasteiger charge is -2.13. The second kappa shape index (κ2) is 6.38. The molecule has 1 N–H and O–H groups in total. The second-order valence-corrected chi connectivity index (χ2v) is 4.75. The molecule has 0 radical (unpaired) electrons. The van der Waals surface area contributed by atoms with Crippen molar-refractivity contribution in [3.8, 4) is 5.75 Å². The fourth-order valence-electron chi connectivity index (χ4n) is 1.85. The smallest absolute Gasteiger partial charge is 0.138 e. The van der Waals surface area contributed by atoms with Crippen molar-refractivity contribution in [2.45, 2.75) is 38.9 Å². The number of hydrogen-bond acceptors (Lipinski definition) is 4. The summed E-state index contributed by atoms with van der Waals surface area (Å²) in [6.07, 6.45) is 5.79. The monoisotopic (exact) mass is 261 g/mol. The van der Waals surface area contributed by atoms with Gasteiger partial charge in [-0.05, 0) is 38.5 Å². The van der Waals surface area contributed by atoms with Gasteiger partial charge in [0.25, 0.3) is 0 Å². The number of aliphatic hydroxyl groups excluding tert-OH is 1. The van der Waals surface area contributed by atoms with E-state index in [2.05, 4.69) is 4.98 Å². The van der Waals surface area contributed by atoms with Crippen molar-refractivity contribution in [3.63, 3.8) is 0 Å². The van der Waals surface area contributed by atoms with E-state index in [1.54, 1.807) is 18.7 Å². The molecule has 0 aromatic carbocycles. The Labute approximate surface area is 113 Å². The molecule has 1 unspecified atom stereocenters. The zero-order chi connectivity index (χ0) is 13.7. The first-order valence-electron chi connectivity index (χ1n) is 6.47. The first-order valence-corrected chi connectivity index (χ1v) is 6.47. The maximum absolute atomic E-state index is 10.1. The Morgan fingerprint density at radius 2 is 2.21 bits per heavy atom. The molecule has 0 bridgehead atoms. The summed E-state index contributed by atoms with van der Waals surface area (Å²) in [4.78, 5) is 4.10. The van der Waals surface area contributed by atoms with Crippen molar-refractivity contribution in [3.05, 3.63) is 48.2 Å². The molecule has 0 fully saturated rings. The molecule has 0 aliphatic rings. The van der Waals surface area contributed by atoms with Gasteiger partial charge >= 0.3 is 0 Å². The fourth-order valence-corrected chi connectivity index (χ4v) is 1.85. The molecule has 2 aromatic heterocycles. The van der Waals surface area contributed by atoms with Crippen LogP contribution < -0.4 is 4.74 Å². The molecule has 2 heterocycles. The number of ether oxygens (including phenoxy) is 1. The van der Waals surface area contributed by atoms with Crippen molar-refractivity contribution in [1.29, 1.82) is 0 Å². The molecule has 0 amide bonds. The molecule has 1 atom stereocenters. The van der Waals surface area contributed by atoms with Crippen LogP contribution in [0.2, 0.25) is 0 Å². The van der Waals surface area contributed by atoms with E-state index in [9.17, 15) is 5.11 Å². The molecule has 19 heavy (non-hydrogen) atoms. The lowest BCUT2D eigenvalue weighted by Crippen LogP contribution is -2.07. The fraction of sp³-hybridized carbons (Fsp3) is 0.400. The van der Waals surface area contributed by atoms with E-state index < -0.39 is 6.10 Å². The average Bonchev–Trinajstić information content (AvgIpc) is 2.88. The Bertz CT molecular complexity index is 494. The summed E-state index contributed by atoms with van der Waals surface area (Å²) in [5.74, 6) is 1.56. The third-order valence-corrected chi connectivity index (χ3v) is 2.74. The molecule has 102 valence electrons. The van der Waals surface area contributed by atoms with E-state index in [1.165, 1.54) is 0 Å². The van der Waals surface area contributed by atoms with Gasteiger partial charge in [-0.1, -0.05) is 0 Å². The summed E-state index contributed by atoms with van der Waals surface area (Å²) in [6, 6.07) is 5.59. The third kappa shape index (κ3) is 4.10. The van der Waals surface area contributed by atoms with Crippen molar-refractivity contribution in [2.24, 2.45) is 0 Å². The van der Waals surface area contributed by atoms with Crippen LogP contribution in [0.5, 0.6) is 5.75 Å². The van der Waals surface area contributed by atoms with E-state index in [1.807, 2.05) is 32.0 Å². The number of aromatic nitrogens is 1. The second-order valence-electron chi connectivity index (χ2n) is 4.75. The van der Waals surface area contributed by atoms with Crippen LogP contribution in [0.15, 0.2) is 41.3 Å². The Balaban J connectivity index is 1.96. The topological polar surface area (TPSA) is 55.5 Å². The maximum atomic E-state index is 10.1. The first-order chi connectivity index (χ1) is 9.15. The van der Waals surface area contributed by atoms with E-state index in [-0.39, 0.29) is 6.10 Å². The van der Waals surface area contributed by atoms with Gasteiger partial charge in [0, 0.05) is 18.2 Å². The molecule has 0 spiro atoms. The van der Waals surface area contributed by atoms with Gasteiger partial charge in [-0.25, -0.2) is 0 Å². The highest BCUT2D eigenvalue weighted by molar-refractivity contribution is 5.25. The number of furan rings is 1. The highest BCUT2D eigenvalue weighted by atomic mass is 16.5. The van der Waals surface area contributed by atoms with Crippen LogP contribution in [-0.2, 0) is 6.42 Å². The third-order valence-electron chi connectivity index (χ3n) is 2.74. The average molecular weight is 261 g/mol. The molecule has 2 rings (SSSR count). The Kier molecular flexibility index (Phi) is 4.58. The Hall–Kier alpha value is -1.81. The Morgan fingerprint density at radius 3 is 2.89 bits per heavy atom. The normalized spacial score (nSPS) is 12.6. The standard InChI is InChI=1S/C15H19NO3/c1-11(2)19-14-8-12(9-16-10-14)15(17)6-5-13-4-3-7-18-13/h3-4,7-11,15,17H,5-6H2,1-2H3. The van der Waals surface area contributed by atoms with Gasteiger partial charge in [-0.3, -0.25) is 4.98 Å². The molecule has 2 aromatic rings. The summed E-state index contributed by atoms with van der Waals surface area (Å²) < 4.78 is 10.8. The number of aliphatic hydroxyl groups is 1. The van der Waals surface area contributed by atoms with Gasteiger partial charge in [0.15, 0.2) is 0 Å². The summed E-state index contributed by atoms with van der Waals surface area (Å²) in [5, 5.41) is 10.1. The molecule has 4 nitrogen and oxygen atoms in total. The summed E-state index contributed by atoms with van der Waals surface area (Å²) in [7, 11) is 0. The van der Waals surface area contributed by atoms with Gasteiger partial charge in [0.1, 0.15) is 11.5 Å². The minimum Gasteiger partial charge on any atom is -0.489 e. The van der Waals surface area contributed by atoms with E-state index in [0.717, 1.165) is 11.3 Å². The number of hydrogen-bond donors (Lipinski definition) is 1. The van der Waals surface area contributed by atoms with E-state index >= 15 is 0 Å². The van der Waals surface area contributed by atoms with Crippen LogP contribution in [0.4, 0.5) is 0 Å². The van der Waals surface area contributed by atoms with Gasteiger partial charge in [-0.15, -0.1) is 0 Å². The van der Waals surface area contributed by atoms with E-state index in [0.29, 0.717) is 18.6 Å². The number of rotatable bonds is 6. The summed E-state index contributed by atoms with van der Waals surface area (Å²) in [5.41, 5.74) is 0.768. The zero-order valence-electron chi connectivity index (χ0n) is 11.2. The van der Waals surface area contributed by atoms with Gasteiger partial charge < -0.3 is 14.3 Å². The molecule has 0 aliphatic heterocycles. The van der Waals surface area contributed by atoms with Crippen LogP contribution in [0.1, 0.15) is 37.7 Å². The van der Waals surface area contributed by atoms with Gasteiger partial charge in [0.2, 0.25) is 0 Å². The van der Waals surface area contributed by atoms with Crippen LogP contribution in [0.3, 0.4) is 0 Å². The van der Waals surface area contributed by atoms with Crippen LogP contribution in [0, 0.1) is 0 Å². The summed E-state index contributed by atoms with van der Waals surface area (Å²) in [6.45, 7) is 3.92. The predicted octanol–water partition coefficient (Wildman–Crippen LogP) is 3.13. The van der Waals surface area contributed by atoms with Crippen molar-refractivity contribution < 1.29 is 14.3 Å². The minimum absolute atomic E-state index is 0.0947. The first kappa shape index (κ1) is 13.6. The molecule has 0 saturated carbocycles. The number of pyridine rings is 1. The van der Waals surface area contributed by atoms with Gasteiger partial charge in [0.05, 0.1) is 24.7 Å². The molecular formula is C15H19NO3. The number of aryl methyl sites for hydroxylation is 1. The van der Waals surface area contributed by atoms with Crippen LogP contribution >= 0.6 is 0 Å². The van der Waals surface area contributed by atoms with Crippen molar-refractivity contribution >= 4 is 0 Å². The quantitative estimate of drug-likeness (QED) is 0.868. The number of nitrogens with zero attached hydrogens (tertiary/aromatic N) is 1. The summed E-state index contributed by atoms with van der Waals surface area (Å²) >= 11 is 0. The highest BCUT2D eigenvalue weighted by Gasteiger charge is 2.11. The lowest BCUT2D eigenvalue weighted by molar-refractivity contribution is 0.164. The van der Waals surface area contributed by atoms with Crippen LogP contribution in [0.25, 0.3) is 0 Å². The minimum atomic E-state index is -0.562. The van der Waals surface area contributed by atoms with Crippen LogP contribution in [-0.4, -0.2) is 16.2 Å². The molecular weight excluding hydrogens is 242 g/mol. The SMILES string of the molecule is CC(C)Oc1cncc(C(O)CCc2ccco2)c1. The molecule has 4 heteroatoms. The molecule has 0 aliphatic carbocycles. The maximum Gasteiger partial charge on any atom is 0.138 e. The highest BCUT2D eigenvalue weighted by Crippen LogP contribution is 2.22. The largest absolute Gasteiger partial charge is 0.489 e. The van der Waals surface area contributed by atoms with Crippen molar-refractivity contribution in [1.82, 2.24) is 4.98 Å². The molecule has 0 saturated heterocycles.